The van der Waals surface area contributed by atoms with Crippen molar-refractivity contribution in [3.8, 4) is 0 Å². The average molecular weight is 391 g/mol. The Morgan fingerprint density at radius 2 is 2.11 bits per heavy atom. The van der Waals surface area contributed by atoms with E-state index >= 15 is 0 Å². The van der Waals surface area contributed by atoms with Crippen LogP contribution in [-0.2, 0) is 13.5 Å². The Balaban J connectivity index is 2.31. The van der Waals surface area contributed by atoms with Gasteiger partial charge in [-0.2, -0.15) is 5.10 Å². The van der Waals surface area contributed by atoms with Crippen molar-refractivity contribution in [3.05, 3.63) is 49.3 Å². The third-order valence-corrected chi connectivity index (χ3v) is 5.19. The zero-order chi connectivity index (χ0) is 14.2. The van der Waals surface area contributed by atoms with Crippen molar-refractivity contribution in [1.82, 2.24) is 9.78 Å². The van der Waals surface area contributed by atoms with Crippen molar-refractivity contribution in [2.24, 2.45) is 7.05 Å². The van der Waals surface area contributed by atoms with Crippen LogP contribution in [0.25, 0.3) is 0 Å². The number of aliphatic hydroxyl groups is 1. The van der Waals surface area contributed by atoms with Crippen LogP contribution in [0.4, 0.5) is 0 Å². The molecule has 1 unspecified atom stereocenters. The van der Waals surface area contributed by atoms with Gasteiger partial charge in [0.1, 0.15) is 0 Å². The predicted octanol–water partition coefficient (Wildman–Crippen LogP) is 3.57. The van der Waals surface area contributed by atoms with E-state index in [0.717, 1.165) is 20.5 Å². The van der Waals surface area contributed by atoms with Gasteiger partial charge in [0.2, 0.25) is 0 Å². The van der Waals surface area contributed by atoms with Crippen molar-refractivity contribution in [1.29, 1.82) is 0 Å². The molecule has 1 aromatic carbocycles. The minimum absolute atomic E-state index is 0.468. The second-order valence-electron chi connectivity index (χ2n) is 4.67. The van der Waals surface area contributed by atoms with Crippen molar-refractivity contribution in [2.45, 2.75) is 26.4 Å². The summed E-state index contributed by atoms with van der Waals surface area (Å²) in [6.07, 6.45) is -0.102. The first kappa shape index (κ1) is 14.8. The van der Waals surface area contributed by atoms with Gasteiger partial charge in [-0.3, -0.25) is 4.68 Å². The number of aromatic nitrogens is 2. The summed E-state index contributed by atoms with van der Waals surface area (Å²) in [6.45, 7) is 3.91. The Kier molecular flexibility index (Phi) is 4.53. The van der Waals surface area contributed by atoms with Crippen LogP contribution in [0.1, 0.15) is 28.6 Å². The molecule has 0 aliphatic heterocycles. The molecular weight excluding hydrogens is 375 g/mol. The summed E-state index contributed by atoms with van der Waals surface area (Å²) in [6, 6.07) is 5.96. The first-order chi connectivity index (χ1) is 8.91. The molecule has 0 amide bonds. The second-order valence-corrected chi connectivity index (χ2v) is 6.12. The van der Waals surface area contributed by atoms with E-state index in [2.05, 4.69) is 27.7 Å². The second kappa shape index (κ2) is 5.81. The number of hydrogen-bond acceptors (Lipinski definition) is 2. The van der Waals surface area contributed by atoms with Crippen LogP contribution < -0.4 is 0 Å². The number of aryl methyl sites for hydroxylation is 3. The van der Waals surface area contributed by atoms with E-state index in [1.807, 2.05) is 39.1 Å². The molecular formula is C14H16ClIN2O. The summed E-state index contributed by atoms with van der Waals surface area (Å²) in [5, 5.41) is 15.3. The lowest BCUT2D eigenvalue weighted by Gasteiger charge is -2.14. The van der Waals surface area contributed by atoms with Gasteiger partial charge in [0, 0.05) is 17.0 Å². The number of nitrogens with zero attached hydrogens (tertiary/aromatic N) is 2. The molecule has 1 N–H and O–H groups in total. The van der Waals surface area contributed by atoms with Gasteiger partial charge in [0.25, 0.3) is 0 Å². The molecule has 5 heteroatoms. The van der Waals surface area contributed by atoms with Crippen LogP contribution in [0, 0.1) is 17.4 Å². The van der Waals surface area contributed by atoms with Crippen LogP contribution in [0.15, 0.2) is 18.2 Å². The van der Waals surface area contributed by atoms with Crippen LogP contribution in [0.3, 0.4) is 0 Å². The standard InChI is InChI=1S/C14H16ClIN2O/c1-8-5-4-6-10(14(8)16)12(19)7-11-13(15)9(2)17-18(11)3/h4-6,12,19H,7H2,1-3H3. The summed E-state index contributed by atoms with van der Waals surface area (Å²) in [5.74, 6) is 0. The molecule has 0 radical (unpaired) electrons. The first-order valence-electron chi connectivity index (χ1n) is 6.03. The average Bonchev–Trinajstić information content (AvgIpc) is 2.59. The van der Waals surface area contributed by atoms with Crippen molar-refractivity contribution < 1.29 is 5.11 Å². The molecule has 102 valence electrons. The molecule has 3 nitrogen and oxygen atoms in total. The van der Waals surface area contributed by atoms with Gasteiger partial charge in [-0.05, 0) is 47.6 Å². The Morgan fingerprint density at radius 1 is 1.42 bits per heavy atom. The van der Waals surface area contributed by atoms with Gasteiger partial charge in [-0.25, -0.2) is 0 Å². The highest BCUT2D eigenvalue weighted by Gasteiger charge is 2.18. The summed E-state index contributed by atoms with van der Waals surface area (Å²) >= 11 is 8.49. The fourth-order valence-electron chi connectivity index (χ4n) is 2.12. The van der Waals surface area contributed by atoms with Crippen LogP contribution in [0.2, 0.25) is 5.02 Å². The molecule has 0 spiro atoms. The number of hydrogen-bond donors (Lipinski definition) is 1. The maximum atomic E-state index is 10.4. The number of rotatable bonds is 3. The quantitative estimate of drug-likeness (QED) is 0.814. The molecule has 0 saturated heterocycles. The van der Waals surface area contributed by atoms with Gasteiger partial charge >= 0.3 is 0 Å². The zero-order valence-electron chi connectivity index (χ0n) is 11.1. The highest BCUT2D eigenvalue weighted by Crippen LogP contribution is 2.28. The van der Waals surface area contributed by atoms with Gasteiger partial charge in [0.05, 0.1) is 22.5 Å². The lowest BCUT2D eigenvalue weighted by molar-refractivity contribution is 0.175. The van der Waals surface area contributed by atoms with Crippen LogP contribution in [-0.4, -0.2) is 14.9 Å². The topological polar surface area (TPSA) is 38.1 Å². The molecule has 1 heterocycles. The molecule has 2 rings (SSSR count). The van der Waals surface area contributed by atoms with Crippen LogP contribution in [0.5, 0.6) is 0 Å². The summed E-state index contributed by atoms with van der Waals surface area (Å²) in [7, 11) is 1.85. The predicted molar refractivity (Wildman–Crippen MR) is 85.5 cm³/mol. The van der Waals surface area contributed by atoms with Gasteiger partial charge in [-0.1, -0.05) is 29.8 Å². The largest absolute Gasteiger partial charge is 0.388 e. The molecule has 19 heavy (non-hydrogen) atoms. The van der Waals surface area contributed by atoms with Gasteiger partial charge in [0.15, 0.2) is 0 Å². The maximum absolute atomic E-state index is 10.4. The van der Waals surface area contributed by atoms with E-state index in [0.29, 0.717) is 11.4 Å². The highest BCUT2D eigenvalue weighted by molar-refractivity contribution is 14.1. The highest BCUT2D eigenvalue weighted by atomic mass is 127. The van der Waals surface area contributed by atoms with E-state index in [-0.39, 0.29) is 0 Å². The molecule has 0 bridgehead atoms. The lowest BCUT2D eigenvalue weighted by Crippen LogP contribution is -2.08. The SMILES string of the molecule is Cc1cccc(C(O)Cc2c(Cl)c(C)nn2C)c1I. The third-order valence-electron chi connectivity index (χ3n) is 3.23. The first-order valence-corrected chi connectivity index (χ1v) is 7.48. The Hall–Kier alpha value is -0.590. The Morgan fingerprint density at radius 3 is 2.68 bits per heavy atom. The van der Waals surface area contributed by atoms with E-state index in [9.17, 15) is 5.11 Å². The number of benzene rings is 1. The van der Waals surface area contributed by atoms with Crippen molar-refractivity contribution in [3.63, 3.8) is 0 Å². The fourth-order valence-corrected chi connectivity index (χ4v) is 3.08. The van der Waals surface area contributed by atoms with E-state index in [1.54, 1.807) is 4.68 Å². The maximum Gasteiger partial charge on any atom is 0.0856 e. The molecule has 1 atom stereocenters. The fraction of sp³-hybridized carbons (Fsp3) is 0.357. The summed E-state index contributed by atoms with van der Waals surface area (Å²) in [5.41, 5.74) is 3.77. The minimum Gasteiger partial charge on any atom is -0.388 e. The zero-order valence-corrected chi connectivity index (χ0v) is 14.0. The molecule has 2 aromatic rings. The van der Waals surface area contributed by atoms with E-state index in [4.69, 9.17) is 11.6 Å². The summed E-state index contributed by atoms with van der Waals surface area (Å²) in [4.78, 5) is 0. The van der Waals surface area contributed by atoms with Gasteiger partial charge < -0.3 is 5.11 Å². The normalized spacial score (nSPS) is 12.7. The van der Waals surface area contributed by atoms with Gasteiger partial charge in [-0.15, -0.1) is 0 Å². The number of halogens is 2. The van der Waals surface area contributed by atoms with Crippen molar-refractivity contribution >= 4 is 34.2 Å². The lowest BCUT2D eigenvalue weighted by atomic mass is 10.0. The molecule has 0 aliphatic carbocycles. The summed E-state index contributed by atoms with van der Waals surface area (Å²) < 4.78 is 2.84. The molecule has 0 saturated carbocycles. The number of aliphatic hydroxyl groups excluding tert-OH is 1. The minimum atomic E-state index is -0.570. The monoisotopic (exact) mass is 390 g/mol. The Labute approximate surface area is 131 Å². The molecule has 0 fully saturated rings. The Bertz CT molecular complexity index is 610. The van der Waals surface area contributed by atoms with E-state index in [1.165, 1.54) is 5.56 Å². The molecule has 0 aliphatic rings. The smallest absolute Gasteiger partial charge is 0.0856 e. The van der Waals surface area contributed by atoms with Crippen LogP contribution >= 0.6 is 34.2 Å². The van der Waals surface area contributed by atoms with E-state index < -0.39 is 6.10 Å². The van der Waals surface area contributed by atoms with Crippen molar-refractivity contribution in [2.75, 3.05) is 0 Å². The third kappa shape index (κ3) is 2.95. The molecule has 1 aromatic heterocycles.